The van der Waals surface area contributed by atoms with Crippen LogP contribution in [0.4, 0.5) is 9.18 Å². The summed E-state index contributed by atoms with van der Waals surface area (Å²) in [6.45, 7) is 3.52. The highest BCUT2D eigenvalue weighted by atomic mass is 19.1. The normalized spacial score (nSPS) is 18.0. The van der Waals surface area contributed by atoms with E-state index in [-0.39, 0.29) is 36.8 Å². The molecule has 0 atom stereocenters. The minimum atomic E-state index is -0.302. The predicted molar refractivity (Wildman–Crippen MR) is 104 cm³/mol. The summed E-state index contributed by atoms with van der Waals surface area (Å²) in [6.07, 6.45) is 0.767. The van der Waals surface area contributed by atoms with E-state index in [4.69, 9.17) is 4.74 Å². The molecule has 4 amide bonds. The Balaban J connectivity index is 1.42. The van der Waals surface area contributed by atoms with Crippen molar-refractivity contribution in [3.8, 4) is 5.75 Å². The maximum absolute atomic E-state index is 13.5. The summed E-state index contributed by atoms with van der Waals surface area (Å²) < 4.78 is 18.8. The number of likely N-dealkylation sites (N-methyl/N-ethyl adjacent to an activating group) is 1. The lowest BCUT2D eigenvalue weighted by Gasteiger charge is -2.35. The zero-order valence-electron chi connectivity index (χ0n) is 16.9. The predicted octanol–water partition coefficient (Wildman–Crippen LogP) is 1.15. The van der Waals surface area contributed by atoms with E-state index in [9.17, 15) is 18.8 Å². The highest BCUT2D eigenvalue weighted by Crippen LogP contribution is 2.22. The van der Waals surface area contributed by atoms with Gasteiger partial charge in [0.2, 0.25) is 11.8 Å². The summed E-state index contributed by atoms with van der Waals surface area (Å²) in [5.74, 6) is 0.170. The molecule has 9 heteroatoms. The van der Waals surface area contributed by atoms with Gasteiger partial charge in [-0.05, 0) is 24.6 Å². The lowest BCUT2D eigenvalue weighted by Crippen LogP contribution is -2.48. The summed E-state index contributed by atoms with van der Waals surface area (Å²) in [5, 5.41) is 0. The second-order valence-corrected chi connectivity index (χ2v) is 7.40. The van der Waals surface area contributed by atoms with Gasteiger partial charge in [-0.3, -0.25) is 19.4 Å². The van der Waals surface area contributed by atoms with Gasteiger partial charge in [0, 0.05) is 58.3 Å². The van der Waals surface area contributed by atoms with E-state index in [0.717, 1.165) is 5.56 Å². The minimum absolute atomic E-state index is 0.0282. The summed E-state index contributed by atoms with van der Waals surface area (Å²) >= 11 is 0. The third-order valence-electron chi connectivity index (χ3n) is 5.36. The quantitative estimate of drug-likeness (QED) is 0.636. The van der Waals surface area contributed by atoms with Crippen LogP contribution in [0.5, 0.6) is 5.75 Å². The van der Waals surface area contributed by atoms with Gasteiger partial charge in [-0.2, -0.15) is 0 Å². The number of benzene rings is 1. The zero-order valence-corrected chi connectivity index (χ0v) is 16.9. The molecule has 1 aromatic rings. The molecular formula is C20H27FN4O4. The van der Waals surface area contributed by atoms with Crippen LogP contribution >= 0.6 is 0 Å². The van der Waals surface area contributed by atoms with E-state index in [1.807, 2.05) is 0 Å². The molecule has 2 fully saturated rings. The van der Waals surface area contributed by atoms with Gasteiger partial charge in [0.25, 0.3) is 0 Å². The number of amides is 4. The largest absolute Gasteiger partial charge is 0.496 e. The van der Waals surface area contributed by atoms with Gasteiger partial charge in [0.1, 0.15) is 18.1 Å². The van der Waals surface area contributed by atoms with Crippen LogP contribution in [0.3, 0.4) is 0 Å². The van der Waals surface area contributed by atoms with Crippen molar-refractivity contribution in [2.24, 2.45) is 0 Å². The molecular weight excluding hydrogens is 379 g/mol. The van der Waals surface area contributed by atoms with Gasteiger partial charge in [0.05, 0.1) is 7.11 Å². The average Bonchev–Trinajstić information content (AvgIpc) is 2.94. The number of carbonyl (C=O) groups excluding carboxylic acids is 3. The number of halogens is 1. The molecule has 0 N–H and O–H groups in total. The minimum Gasteiger partial charge on any atom is -0.496 e. The van der Waals surface area contributed by atoms with Crippen LogP contribution in [0.1, 0.15) is 18.4 Å². The molecule has 2 aliphatic rings. The van der Waals surface area contributed by atoms with Crippen LogP contribution in [-0.2, 0) is 16.1 Å². The lowest BCUT2D eigenvalue weighted by atomic mass is 10.1. The second-order valence-electron chi connectivity index (χ2n) is 7.40. The fourth-order valence-corrected chi connectivity index (χ4v) is 3.70. The monoisotopic (exact) mass is 406 g/mol. The van der Waals surface area contributed by atoms with Crippen molar-refractivity contribution in [1.82, 2.24) is 19.6 Å². The maximum Gasteiger partial charge on any atom is 0.326 e. The Bertz CT molecular complexity index is 780. The molecule has 1 aromatic carbocycles. The maximum atomic E-state index is 13.5. The lowest BCUT2D eigenvalue weighted by molar-refractivity contribution is -0.133. The number of carbonyl (C=O) groups is 3. The Morgan fingerprint density at radius 3 is 2.52 bits per heavy atom. The van der Waals surface area contributed by atoms with Crippen molar-refractivity contribution in [2.75, 3.05) is 53.4 Å². The third kappa shape index (κ3) is 5.03. The molecule has 0 aliphatic carbocycles. The topological polar surface area (TPSA) is 73.4 Å². The second kappa shape index (κ2) is 9.21. The van der Waals surface area contributed by atoms with Gasteiger partial charge >= 0.3 is 6.03 Å². The van der Waals surface area contributed by atoms with Crippen molar-refractivity contribution >= 4 is 17.8 Å². The van der Waals surface area contributed by atoms with E-state index < -0.39 is 0 Å². The fraction of sp³-hybridized carbons (Fsp3) is 0.550. The number of imide groups is 1. The molecule has 3 rings (SSSR count). The third-order valence-corrected chi connectivity index (χ3v) is 5.36. The standard InChI is InChI=1S/C20H27FN4O4/c1-22-14-19(27)25(20(22)28)7-3-4-18(26)24-10-8-23(9-11-24)13-15-12-16(21)5-6-17(15)29-2/h5-6,12H,3-4,7-11,13-14H2,1-2H3. The van der Waals surface area contributed by atoms with E-state index in [2.05, 4.69) is 4.90 Å². The number of methoxy groups -OCH3 is 1. The Morgan fingerprint density at radius 2 is 1.90 bits per heavy atom. The number of piperazine rings is 1. The van der Waals surface area contributed by atoms with Gasteiger partial charge in [-0.1, -0.05) is 0 Å². The first-order valence-electron chi connectivity index (χ1n) is 9.77. The first-order chi connectivity index (χ1) is 13.9. The average molecular weight is 406 g/mol. The van der Waals surface area contributed by atoms with E-state index in [1.54, 1.807) is 25.1 Å². The molecule has 29 heavy (non-hydrogen) atoms. The molecule has 2 aliphatic heterocycles. The summed E-state index contributed by atoms with van der Waals surface area (Å²) in [5.41, 5.74) is 0.789. The summed E-state index contributed by atoms with van der Waals surface area (Å²) in [4.78, 5) is 42.6. The van der Waals surface area contributed by atoms with E-state index in [0.29, 0.717) is 51.3 Å². The number of hydrogen-bond donors (Lipinski definition) is 0. The zero-order chi connectivity index (χ0) is 21.0. The first kappa shape index (κ1) is 21.0. The molecule has 0 saturated carbocycles. The molecule has 2 saturated heterocycles. The molecule has 0 bridgehead atoms. The van der Waals surface area contributed by atoms with Crippen LogP contribution in [-0.4, -0.2) is 90.9 Å². The molecule has 0 unspecified atom stereocenters. The summed E-state index contributed by atoms with van der Waals surface area (Å²) in [7, 11) is 3.15. The van der Waals surface area contributed by atoms with Crippen molar-refractivity contribution in [3.63, 3.8) is 0 Å². The number of rotatable bonds is 7. The van der Waals surface area contributed by atoms with Crippen molar-refractivity contribution in [1.29, 1.82) is 0 Å². The summed E-state index contributed by atoms with van der Waals surface area (Å²) in [6, 6.07) is 4.18. The molecule has 0 spiro atoms. The number of hydrogen-bond acceptors (Lipinski definition) is 5. The number of urea groups is 1. The Morgan fingerprint density at radius 1 is 1.17 bits per heavy atom. The highest BCUT2D eigenvalue weighted by molar-refractivity contribution is 6.01. The first-order valence-corrected chi connectivity index (χ1v) is 9.77. The molecule has 158 valence electrons. The Hall–Kier alpha value is -2.68. The van der Waals surface area contributed by atoms with E-state index in [1.165, 1.54) is 21.9 Å². The van der Waals surface area contributed by atoms with Crippen LogP contribution < -0.4 is 4.74 Å². The molecule has 2 heterocycles. The van der Waals surface area contributed by atoms with Crippen LogP contribution in [0, 0.1) is 5.82 Å². The highest BCUT2D eigenvalue weighted by Gasteiger charge is 2.33. The van der Waals surface area contributed by atoms with Gasteiger partial charge in [0.15, 0.2) is 0 Å². The van der Waals surface area contributed by atoms with Gasteiger partial charge in [-0.15, -0.1) is 0 Å². The van der Waals surface area contributed by atoms with E-state index >= 15 is 0 Å². The SMILES string of the molecule is COc1ccc(F)cc1CN1CCN(C(=O)CCCN2C(=O)CN(C)C2=O)CC1. The van der Waals surface area contributed by atoms with Crippen LogP contribution in [0.15, 0.2) is 18.2 Å². The fourth-order valence-electron chi connectivity index (χ4n) is 3.70. The van der Waals surface area contributed by atoms with Gasteiger partial charge in [-0.25, -0.2) is 9.18 Å². The molecule has 8 nitrogen and oxygen atoms in total. The molecule has 0 aromatic heterocycles. The van der Waals surface area contributed by atoms with Crippen molar-refractivity contribution in [2.45, 2.75) is 19.4 Å². The van der Waals surface area contributed by atoms with Crippen molar-refractivity contribution in [3.05, 3.63) is 29.6 Å². The van der Waals surface area contributed by atoms with Crippen molar-refractivity contribution < 1.29 is 23.5 Å². The number of ether oxygens (including phenoxy) is 1. The van der Waals surface area contributed by atoms with Crippen LogP contribution in [0.2, 0.25) is 0 Å². The Kier molecular flexibility index (Phi) is 6.68. The Labute approximate surface area is 169 Å². The molecule has 0 radical (unpaired) electrons. The van der Waals surface area contributed by atoms with Crippen LogP contribution in [0.25, 0.3) is 0 Å². The number of nitrogens with zero attached hydrogens (tertiary/aromatic N) is 4. The van der Waals surface area contributed by atoms with Gasteiger partial charge < -0.3 is 14.5 Å². The smallest absolute Gasteiger partial charge is 0.326 e.